The predicted octanol–water partition coefficient (Wildman–Crippen LogP) is 2.85. The average Bonchev–Trinajstić information content (AvgIpc) is 3.49. The maximum atomic E-state index is 15.3. The number of nitrogens with one attached hydrogen (secondary N) is 1. The Balaban J connectivity index is 1.60. The number of methoxy groups -OCH3 is 2. The molecule has 0 saturated carbocycles. The van der Waals surface area contributed by atoms with Gasteiger partial charge in [0.05, 0.1) is 33.5 Å². The number of aromatic nitrogens is 3. The standard InChI is InChI=1S/C22H21FN4O7S/c1-31-15-5-4-13-14(28)6-9-33-19(13)21(15)35(29,30)26-22-17-16(34-25-22)10-12(18(23)20(17)32-2)11-27-8-3-7-24-27/h3-5,7-8,10,14,28H,6,9,11H2,1-2H3,(H,25,26). The normalized spacial score (nSPS) is 15.5. The summed E-state index contributed by atoms with van der Waals surface area (Å²) in [7, 11) is -1.83. The number of fused-ring (bicyclic) bond motifs is 2. The first-order valence-corrected chi connectivity index (χ1v) is 12.0. The first kappa shape index (κ1) is 22.9. The van der Waals surface area contributed by atoms with Crippen LogP contribution in [0.3, 0.4) is 0 Å². The summed E-state index contributed by atoms with van der Waals surface area (Å²) in [6.45, 7) is 0.217. The van der Waals surface area contributed by atoms with Crippen LogP contribution >= 0.6 is 0 Å². The van der Waals surface area contributed by atoms with Crippen molar-refractivity contribution in [2.75, 3.05) is 25.5 Å². The van der Waals surface area contributed by atoms with E-state index in [2.05, 4.69) is 15.0 Å². The Kier molecular flexibility index (Phi) is 5.73. The van der Waals surface area contributed by atoms with E-state index >= 15 is 4.39 Å². The van der Waals surface area contributed by atoms with Gasteiger partial charge in [0, 0.05) is 29.9 Å². The third-order valence-corrected chi connectivity index (χ3v) is 7.04. The van der Waals surface area contributed by atoms with Crippen LogP contribution in [0.1, 0.15) is 23.7 Å². The first-order valence-electron chi connectivity index (χ1n) is 10.5. The molecule has 184 valence electrons. The summed E-state index contributed by atoms with van der Waals surface area (Å²) in [4.78, 5) is -0.317. The second-order valence-corrected chi connectivity index (χ2v) is 9.38. The molecule has 0 saturated heterocycles. The van der Waals surface area contributed by atoms with Crippen molar-refractivity contribution in [3.63, 3.8) is 0 Å². The molecule has 1 unspecified atom stereocenters. The molecule has 2 aromatic heterocycles. The summed E-state index contributed by atoms with van der Waals surface area (Å²) in [5, 5.41) is 18.2. The number of sulfonamides is 1. The molecule has 3 heterocycles. The van der Waals surface area contributed by atoms with E-state index in [1.807, 2.05) is 0 Å². The van der Waals surface area contributed by atoms with Crippen LogP contribution in [0.25, 0.3) is 11.0 Å². The van der Waals surface area contributed by atoms with Crippen LogP contribution in [0, 0.1) is 5.82 Å². The van der Waals surface area contributed by atoms with E-state index in [9.17, 15) is 13.5 Å². The summed E-state index contributed by atoms with van der Waals surface area (Å²) >= 11 is 0. The number of hydrogen-bond donors (Lipinski definition) is 2. The Labute approximate surface area is 199 Å². The number of nitrogens with zero attached hydrogens (tertiary/aromatic N) is 3. The Morgan fingerprint density at radius 2 is 2.14 bits per heavy atom. The summed E-state index contributed by atoms with van der Waals surface area (Å²) in [5.74, 6) is -1.25. The van der Waals surface area contributed by atoms with Gasteiger partial charge in [-0.15, -0.1) is 0 Å². The van der Waals surface area contributed by atoms with Gasteiger partial charge in [0.2, 0.25) is 0 Å². The molecule has 4 aromatic rings. The van der Waals surface area contributed by atoms with Gasteiger partial charge >= 0.3 is 0 Å². The summed E-state index contributed by atoms with van der Waals surface area (Å²) in [5.41, 5.74) is 0.635. The van der Waals surface area contributed by atoms with Gasteiger partial charge in [0.15, 0.2) is 27.9 Å². The molecule has 35 heavy (non-hydrogen) atoms. The highest BCUT2D eigenvalue weighted by atomic mass is 32.2. The lowest BCUT2D eigenvalue weighted by molar-refractivity contribution is 0.112. The minimum absolute atomic E-state index is 0.00203. The van der Waals surface area contributed by atoms with Gasteiger partial charge in [-0.05, 0) is 24.3 Å². The van der Waals surface area contributed by atoms with Crippen molar-refractivity contribution in [3.05, 3.63) is 53.6 Å². The van der Waals surface area contributed by atoms with Gasteiger partial charge in [0.25, 0.3) is 10.0 Å². The minimum atomic E-state index is -4.40. The van der Waals surface area contributed by atoms with Gasteiger partial charge in [-0.25, -0.2) is 12.8 Å². The molecule has 2 aromatic carbocycles. The molecule has 0 amide bonds. The van der Waals surface area contributed by atoms with Crippen LogP contribution in [-0.2, 0) is 16.6 Å². The fraction of sp³-hybridized carbons (Fsp3) is 0.273. The van der Waals surface area contributed by atoms with E-state index in [4.69, 9.17) is 18.7 Å². The van der Waals surface area contributed by atoms with E-state index in [1.165, 1.54) is 31.0 Å². The van der Waals surface area contributed by atoms with Crippen LogP contribution in [-0.4, -0.2) is 49.3 Å². The van der Waals surface area contributed by atoms with E-state index in [0.29, 0.717) is 12.0 Å². The highest BCUT2D eigenvalue weighted by Gasteiger charge is 2.33. The van der Waals surface area contributed by atoms with Crippen molar-refractivity contribution >= 4 is 26.8 Å². The van der Waals surface area contributed by atoms with Crippen molar-refractivity contribution < 1.29 is 36.6 Å². The maximum absolute atomic E-state index is 15.3. The second-order valence-electron chi connectivity index (χ2n) is 7.76. The largest absolute Gasteiger partial charge is 0.495 e. The zero-order valence-corrected chi connectivity index (χ0v) is 19.5. The van der Waals surface area contributed by atoms with Crippen molar-refractivity contribution in [2.24, 2.45) is 0 Å². The molecule has 0 aliphatic carbocycles. The van der Waals surface area contributed by atoms with Gasteiger partial charge in [-0.2, -0.15) is 5.10 Å². The van der Waals surface area contributed by atoms with Crippen molar-refractivity contribution in [2.45, 2.75) is 24.0 Å². The lowest BCUT2D eigenvalue weighted by atomic mass is 10.0. The topological polar surface area (TPSA) is 138 Å². The van der Waals surface area contributed by atoms with Gasteiger partial charge < -0.3 is 23.8 Å². The molecule has 13 heteroatoms. The first-order chi connectivity index (χ1) is 16.8. The molecule has 0 radical (unpaired) electrons. The number of hydrogen-bond acceptors (Lipinski definition) is 9. The SMILES string of the molecule is COc1ccc2c(c1S(=O)(=O)Nc1noc3cc(Cn4cccn4)c(F)c(OC)c13)OCCC2O. The quantitative estimate of drug-likeness (QED) is 0.389. The number of aliphatic hydroxyl groups is 1. The molecule has 1 atom stereocenters. The van der Waals surface area contributed by atoms with Crippen LogP contribution in [0.5, 0.6) is 17.2 Å². The van der Waals surface area contributed by atoms with Crippen LogP contribution in [0.4, 0.5) is 10.2 Å². The minimum Gasteiger partial charge on any atom is -0.495 e. The van der Waals surface area contributed by atoms with Crippen molar-refractivity contribution in [3.8, 4) is 17.2 Å². The fourth-order valence-electron chi connectivity index (χ4n) is 4.04. The number of benzene rings is 2. The summed E-state index contributed by atoms with van der Waals surface area (Å²) in [6, 6.07) is 6.08. The second kappa shape index (κ2) is 8.74. The maximum Gasteiger partial charge on any atom is 0.270 e. The number of halogens is 1. The number of ether oxygens (including phenoxy) is 3. The van der Waals surface area contributed by atoms with Gasteiger partial charge in [-0.3, -0.25) is 9.40 Å². The highest BCUT2D eigenvalue weighted by molar-refractivity contribution is 7.93. The summed E-state index contributed by atoms with van der Waals surface area (Å²) < 4.78 is 67.6. The lowest BCUT2D eigenvalue weighted by Crippen LogP contribution is -2.21. The van der Waals surface area contributed by atoms with Crippen molar-refractivity contribution in [1.82, 2.24) is 14.9 Å². The molecule has 0 fully saturated rings. The lowest BCUT2D eigenvalue weighted by Gasteiger charge is -2.25. The number of anilines is 1. The Bertz CT molecular complexity index is 1500. The molecule has 0 bridgehead atoms. The Morgan fingerprint density at radius 1 is 1.31 bits per heavy atom. The molecule has 0 spiro atoms. The smallest absolute Gasteiger partial charge is 0.270 e. The Hall–Kier alpha value is -3.84. The van der Waals surface area contributed by atoms with Crippen LogP contribution < -0.4 is 18.9 Å². The molecular formula is C22H21FN4O7S. The molecule has 1 aliphatic heterocycles. The zero-order chi connectivity index (χ0) is 24.7. The predicted molar refractivity (Wildman–Crippen MR) is 121 cm³/mol. The van der Waals surface area contributed by atoms with E-state index in [-0.39, 0.29) is 57.6 Å². The van der Waals surface area contributed by atoms with E-state index < -0.39 is 21.9 Å². The fourth-order valence-corrected chi connectivity index (χ4v) is 5.37. The molecule has 1 aliphatic rings. The van der Waals surface area contributed by atoms with Crippen molar-refractivity contribution in [1.29, 1.82) is 0 Å². The zero-order valence-electron chi connectivity index (χ0n) is 18.7. The van der Waals surface area contributed by atoms with Gasteiger partial charge in [-0.1, -0.05) is 5.16 Å². The molecular weight excluding hydrogens is 483 g/mol. The third-order valence-electron chi connectivity index (χ3n) is 5.65. The van der Waals surface area contributed by atoms with Crippen LogP contribution in [0.15, 0.2) is 46.1 Å². The molecule has 11 nitrogen and oxygen atoms in total. The molecule has 5 rings (SSSR count). The summed E-state index contributed by atoms with van der Waals surface area (Å²) in [6.07, 6.45) is 2.66. The van der Waals surface area contributed by atoms with Crippen LogP contribution in [0.2, 0.25) is 0 Å². The highest BCUT2D eigenvalue weighted by Crippen LogP contribution is 2.44. The Morgan fingerprint density at radius 3 is 2.86 bits per heavy atom. The number of aliphatic hydroxyl groups excluding tert-OH is 1. The average molecular weight is 504 g/mol. The third kappa shape index (κ3) is 3.91. The van der Waals surface area contributed by atoms with Gasteiger partial charge in [0.1, 0.15) is 16.9 Å². The molecule has 2 N–H and O–H groups in total. The monoisotopic (exact) mass is 504 g/mol. The number of rotatable bonds is 7. The van der Waals surface area contributed by atoms with E-state index in [1.54, 1.807) is 24.5 Å². The van der Waals surface area contributed by atoms with E-state index in [0.717, 1.165) is 0 Å².